The number of ether oxygens (including phenoxy) is 1. The Labute approximate surface area is 115 Å². The molecule has 100 valence electrons. The van der Waals surface area contributed by atoms with Crippen molar-refractivity contribution in [3.05, 3.63) is 65.7 Å². The Kier molecular flexibility index (Phi) is 4.29. The zero-order valence-electron chi connectivity index (χ0n) is 10.5. The van der Waals surface area contributed by atoms with E-state index < -0.39 is 11.9 Å². The molecule has 0 unspecified atom stereocenters. The van der Waals surface area contributed by atoms with Crippen LogP contribution in [-0.2, 0) is 9.59 Å². The highest BCUT2D eigenvalue weighted by Crippen LogP contribution is 2.20. The van der Waals surface area contributed by atoms with Crippen molar-refractivity contribution in [2.75, 3.05) is 0 Å². The molecule has 0 fully saturated rings. The predicted octanol–water partition coefficient (Wildman–Crippen LogP) is 2.85. The second kappa shape index (κ2) is 6.33. The van der Waals surface area contributed by atoms with Crippen LogP contribution in [0, 0.1) is 0 Å². The standard InChI is InChI=1S/C16H12O4/c17-15(18)16(19)20-14-9-5-4-8-13(14)11-10-12-6-2-1-3-7-12/h1-11H,(H,17,18). The van der Waals surface area contributed by atoms with E-state index >= 15 is 0 Å². The lowest BCUT2D eigenvalue weighted by atomic mass is 10.1. The average Bonchev–Trinajstić information content (AvgIpc) is 2.47. The van der Waals surface area contributed by atoms with Gasteiger partial charge in [-0.25, -0.2) is 9.59 Å². The third kappa shape index (κ3) is 3.55. The summed E-state index contributed by atoms with van der Waals surface area (Å²) in [5.74, 6) is -2.70. The van der Waals surface area contributed by atoms with Crippen LogP contribution in [0.15, 0.2) is 54.6 Å². The maximum atomic E-state index is 11.1. The summed E-state index contributed by atoms with van der Waals surface area (Å²) in [4.78, 5) is 21.6. The van der Waals surface area contributed by atoms with Crippen LogP contribution in [0.4, 0.5) is 0 Å². The Balaban J connectivity index is 2.22. The Morgan fingerprint density at radius 3 is 2.25 bits per heavy atom. The minimum Gasteiger partial charge on any atom is -0.473 e. The van der Waals surface area contributed by atoms with E-state index in [9.17, 15) is 9.59 Å². The molecule has 0 bridgehead atoms. The Morgan fingerprint density at radius 2 is 1.55 bits per heavy atom. The fourth-order valence-electron chi connectivity index (χ4n) is 1.60. The molecular weight excluding hydrogens is 256 g/mol. The third-order valence-electron chi connectivity index (χ3n) is 2.55. The van der Waals surface area contributed by atoms with Crippen LogP contribution in [-0.4, -0.2) is 17.0 Å². The summed E-state index contributed by atoms with van der Waals surface area (Å²) in [6.07, 6.45) is 3.62. The normalized spacial score (nSPS) is 10.4. The number of carbonyl (C=O) groups excluding carboxylic acids is 1. The van der Waals surface area contributed by atoms with Gasteiger partial charge < -0.3 is 9.84 Å². The number of para-hydroxylation sites is 1. The zero-order chi connectivity index (χ0) is 14.4. The molecule has 2 aromatic rings. The summed E-state index contributed by atoms with van der Waals surface area (Å²) >= 11 is 0. The summed E-state index contributed by atoms with van der Waals surface area (Å²) in [5, 5.41) is 8.55. The van der Waals surface area contributed by atoms with Crippen LogP contribution >= 0.6 is 0 Å². The van der Waals surface area contributed by atoms with Gasteiger partial charge in [0.05, 0.1) is 0 Å². The highest BCUT2D eigenvalue weighted by molar-refractivity contribution is 6.29. The monoisotopic (exact) mass is 268 g/mol. The van der Waals surface area contributed by atoms with Crippen molar-refractivity contribution in [2.24, 2.45) is 0 Å². The molecule has 0 atom stereocenters. The first-order valence-corrected chi connectivity index (χ1v) is 5.94. The summed E-state index contributed by atoms with van der Waals surface area (Å²) in [6, 6.07) is 16.3. The van der Waals surface area contributed by atoms with Gasteiger partial charge in [-0.1, -0.05) is 60.7 Å². The minimum atomic E-state index is -1.62. The van der Waals surface area contributed by atoms with Gasteiger partial charge in [0.2, 0.25) is 0 Å². The fraction of sp³-hybridized carbons (Fsp3) is 0. The number of rotatable bonds is 3. The van der Waals surface area contributed by atoms with E-state index in [0.717, 1.165) is 5.56 Å². The second-order valence-electron chi connectivity index (χ2n) is 3.98. The van der Waals surface area contributed by atoms with E-state index in [2.05, 4.69) is 0 Å². The molecule has 0 amide bonds. The molecule has 4 heteroatoms. The van der Waals surface area contributed by atoms with E-state index in [-0.39, 0.29) is 5.75 Å². The largest absolute Gasteiger partial charge is 0.473 e. The lowest BCUT2D eigenvalue weighted by molar-refractivity contribution is -0.158. The van der Waals surface area contributed by atoms with Crippen molar-refractivity contribution in [3.63, 3.8) is 0 Å². The van der Waals surface area contributed by atoms with Gasteiger partial charge in [0, 0.05) is 5.56 Å². The van der Waals surface area contributed by atoms with E-state index in [1.54, 1.807) is 30.3 Å². The lowest BCUT2D eigenvalue weighted by Crippen LogP contribution is -2.19. The fourth-order valence-corrected chi connectivity index (χ4v) is 1.60. The van der Waals surface area contributed by atoms with Crippen LogP contribution in [0.1, 0.15) is 11.1 Å². The van der Waals surface area contributed by atoms with Gasteiger partial charge >= 0.3 is 11.9 Å². The molecule has 0 radical (unpaired) electrons. The van der Waals surface area contributed by atoms with Gasteiger partial charge in [0.25, 0.3) is 0 Å². The molecule has 0 aliphatic heterocycles. The van der Waals surface area contributed by atoms with Crippen molar-refractivity contribution in [1.82, 2.24) is 0 Å². The number of esters is 1. The summed E-state index contributed by atoms with van der Waals surface area (Å²) < 4.78 is 4.81. The average molecular weight is 268 g/mol. The highest BCUT2D eigenvalue weighted by Gasteiger charge is 2.15. The van der Waals surface area contributed by atoms with Crippen LogP contribution < -0.4 is 4.74 Å². The smallest absolute Gasteiger partial charge is 0.422 e. The number of carboxylic acids is 1. The first-order chi connectivity index (χ1) is 9.66. The molecule has 0 aliphatic carbocycles. The first-order valence-electron chi connectivity index (χ1n) is 5.94. The van der Waals surface area contributed by atoms with Gasteiger partial charge in [-0.05, 0) is 11.6 Å². The number of benzene rings is 2. The SMILES string of the molecule is O=C(O)C(=O)Oc1ccccc1C=Cc1ccccc1. The van der Waals surface area contributed by atoms with Crippen LogP contribution in [0.2, 0.25) is 0 Å². The van der Waals surface area contributed by atoms with Crippen molar-refractivity contribution in [2.45, 2.75) is 0 Å². The maximum Gasteiger partial charge on any atom is 0.422 e. The predicted molar refractivity (Wildman–Crippen MR) is 75.1 cm³/mol. The molecule has 0 spiro atoms. The first kappa shape index (κ1) is 13.5. The number of hydrogen-bond acceptors (Lipinski definition) is 3. The van der Waals surface area contributed by atoms with E-state index in [1.807, 2.05) is 36.4 Å². The molecular formula is C16H12O4. The van der Waals surface area contributed by atoms with E-state index in [4.69, 9.17) is 9.84 Å². The van der Waals surface area contributed by atoms with Gasteiger partial charge in [-0.2, -0.15) is 0 Å². The highest BCUT2D eigenvalue weighted by atomic mass is 16.6. The van der Waals surface area contributed by atoms with Gasteiger partial charge in [-0.3, -0.25) is 0 Å². The molecule has 0 heterocycles. The molecule has 2 rings (SSSR count). The Morgan fingerprint density at radius 1 is 0.900 bits per heavy atom. The number of carbonyl (C=O) groups is 2. The zero-order valence-corrected chi connectivity index (χ0v) is 10.5. The van der Waals surface area contributed by atoms with Crippen molar-refractivity contribution < 1.29 is 19.4 Å². The van der Waals surface area contributed by atoms with Crippen molar-refractivity contribution >= 4 is 24.1 Å². The number of aliphatic carboxylic acids is 1. The topological polar surface area (TPSA) is 63.6 Å². The molecule has 0 aromatic heterocycles. The quantitative estimate of drug-likeness (QED) is 0.402. The molecule has 0 saturated heterocycles. The van der Waals surface area contributed by atoms with Gasteiger partial charge in [-0.15, -0.1) is 0 Å². The minimum absolute atomic E-state index is 0.215. The third-order valence-corrected chi connectivity index (χ3v) is 2.55. The maximum absolute atomic E-state index is 11.1. The van der Waals surface area contributed by atoms with Crippen LogP contribution in [0.3, 0.4) is 0 Å². The van der Waals surface area contributed by atoms with Crippen molar-refractivity contribution in [3.8, 4) is 5.75 Å². The summed E-state index contributed by atoms with van der Waals surface area (Å²) in [7, 11) is 0. The summed E-state index contributed by atoms with van der Waals surface area (Å²) in [5.41, 5.74) is 1.62. The molecule has 20 heavy (non-hydrogen) atoms. The number of carboxylic acid groups (broad SMARTS) is 1. The van der Waals surface area contributed by atoms with Gasteiger partial charge in [0.15, 0.2) is 0 Å². The van der Waals surface area contributed by atoms with Gasteiger partial charge in [0.1, 0.15) is 5.75 Å². The molecule has 1 N–H and O–H groups in total. The molecule has 2 aromatic carbocycles. The van der Waals surface area contributed by atoms with Crippen molar-refractivity contribution in [1.29, 1.82) is 0 Å². The molecule has 0 saturated carbocycles. The molecule has 4 nitrogen and oxygen atoms in total. The van der Waals surface area contributed by atoms with E-state index in [0.29, 0.717) is 5.56 Å². The Bertz CT molecular complexity index is 645. The second-order valence-corrected chi connectivity index (χ2v) is 3.98. The Hall–Kier alpha value is -2.88. The summed E-state index contributed by atoms with van der Waals surface area (Å²) in [6.45, 7) is 0. The van der Waals surface area contributed by atoms with Crippen LogP contribution in [0.5, 0.6) is 5.75 Å². The van der Waals surface area contributed by atoms with E-state index in [1.165, 1.54) is 0 Å². The lowest BCUT2D eigenvalue weighted by Gasteiger charge is -2.04. The molecule has 0 aliphatic rings. The van der Waals surface area contributed by atoms with Crippen LogP contribution in [0.25, 0.3) is 12.2 Å². The number of hydrogen-bond donors (Lipinski definition) is 1.